The van der Waals surface area contributed by atoms with Gasteiger partial charge in [-0.1, -0.05) is 24.3 Å². The van der Waals surface area contributed by atoms with Gasteiger partial charge < -0.3 is 29.5 Å². The Morgan fingerprint density at radius 3 is 1.54 bits per heavy atom. The molecule has 1 N–H and O–H groups in total. The maximum Gasteiger partial charge on any atom is 0.471 e. The molecular formula is C34H45F5N4O5. The lowest BCUT2D eigenvalue weighted by Crippen LogP contribution is -2.59. The van der Waals surface area contributed by atoms with Crippen molar-refractivity contribution < 1.29 is 45.8 Å². The SMILES string of the molecule is C[C@@H]1CN(C(=O)C(F)(F)F)[C@@H](c2ccc(F)cc2)CN1C(=O)OC(C)(C)C.C[C@@H]1CN[C@@H](c2ccc(F)cc2)CN1C(=O)OC(C)(C)C. The molecule has 0 unspecified atom stereocenters. The molecule has 4 atom stereocenters. The molecule has 48 heavy (non-hydrogen) atoms. The minimum atomic E-state index is -5.05. The van der Waals surface area contributed by atoms with Gasteiger partial charge in [-0.25, -0.2) is 18.4 Å². The molecule has 2 saturated heterocycles. The molecule has 9 nitrogen and oxygen atoms in total. The molecule has 2 fully saturated rings. The Labute approximate surface area is 278 Å². The summed E-state index contributed by atoms with van der Waals surface area (Å²) in [5.74, 6) is -2.81. The highest BCUT2D eigenvalue weighted by molar-refractivity contribution is 5.83. The van der Waals surface area contributed by atoms with Crippen LogP contribution in [0.2, 0.25) is 0 Å². The zero-order valence-electron chi connectivity index (χ0n) is 28.5. The number of hydrogen-bond acceptors (Lipinski definition) is 6. The van der Waals surface area contributed by atoms with E-state index in [0.717, 1.165) is 17.7 Å². The van der Waals surface area contributed by atoms with Gasteiger partial charge in [0.2, 0.25) is 0 Å². The Morgan fingerprint density at radius 2 is 1.10 bits per heavy atom. The van der Waals surface area contributed by atoms with E-state index < -0.39 is 47.3 Å². The molecule has 2 aliphatic heterocycles. The van der Waals surface area contributed by atoms with Crippen molar-refractivity contribution in [3.05, 3.63) is 71.3 Å². The fourth-order valence-corrected chi connectivity index (χ4v) is 5.27. The predicted octanol–water partition coefficient (Wildman–Crippen LogP) is 6.99. The molecule has 4 rings (SSSR count). The van der Waals surface area contributed by atoms with E-state index in [4.69, 9.17) is 9.47 Å². The number of amides is 3. The summed E-state index contributed by atoms with van der Waals surface area (Å²) in [6, 6.07) is 9.49. The fraction of sp³-hybridized carbons (Fsp3) is 0.559. The molecule has 2 heterocycles. The minimum absolute atomic E-state index is 0.00526. The highest BCUT2D eigenvalue weighted by Gasteiger charge is 2.48. The number of alkyl halides is 3. The van der Waals surface area contributed by atoms with Crippen molar-refractivity contribution in [3.63, 3.8) is 0 Å². The van der Waals surface area contributed by atoms with Crippen molar-refractivity contribution in [2.24, 2.45) is 0 Å². The van der Waals surface area contributed by atoms with E-state index in [1.54, 1.807) is 44.7 Å². The maximum atomic E-state index is 13.2. The summed E-state index contributed by atoms with van der Waals surface area (Å²) in [5.41, 5.74) is -0.0138. The van der Waals surface area contributed by atoms with Crippen LogP contribution in [0.15, 0.2) is 48.5 Å². The number of carbonyl (C=O) groups excluding carboxylic acids is 3. The van der Waals surface area contributed by atoms with Crippen molar-refractivity contribution in [1.29, 1.82) is 0 Å². The van der Waals surface area contributed by atoms with Crippen molar-refractivity contribution >= 4 is 18.1 Å². The Kier molecular flexibility index (Phi) is 12.1. The van der Waals surface area contributed by atoms with Crippen molar-refractivity contribution in [2.45, 2.75) is 96.9 Å². The summed E-state index contributed by atoms with van der Waals surface area (Å²) in [4.78, 5) is 40.3. The number of carbonyl (C=O) groups is 3. The topological polar surface area (TPSA) is 91.4 Å². The van der Waals surface area contributed by atoms with Gasteiger partial charge in [0.1, 0.15) is 22.8 Å². The second-order valence-electron chi connectivity index (χ2n) is 14.0. The smallest absolute Gasteiger partial charge is 0.444 e. The number of nitrogens with zero attached hydrogens (tertiary/aromatic N) is 3. The quantitative estimate of drug-likeness (QED) is 0.343. The van der Waals surface area contributed by atoms with E-state index in [2.05, 4.69) is 5.32 Å². The standard InChI is InChI=1S/C18H22F4N2O3.C16H23FN2O2/c1-11-9-24(15(25)18(20,21)22)14(12-5-7-13(19)8-6-12)10-23(11)16(26)27-17(2,3)4;1-11-9-18-14(12-5-7-13(17)8-6-12)10-19(11)15(20)21-16(2,3)4/h5-8,11,14H,9-10H2,1-4H3;5-8,11,14,18H,9-10H2,1-4H3/t2*11-,14-/m11/s1. The zero-order chi connectivity index (χ0) is 36.2. The van der Waals surface area contributed by atoms with Gasteiger partial charge in [0, 0.05) is 38.3 Å². The lowest BCUT2D eigenvalue weighted by molar-refractivity contribution is -0.191. The second-order valence-corrected chi connectivity index (χ2v) is 14.0. The van der Waals surface area contributed by atoms with Gasteiger partial charge in [-0.2, -0.15) is 13.2 Å². The number of rotatable bonds is 2. The molecule has 0 spiro atoms. The molecule has 0 bridgehead atoms. The molecule has 2 aliphatic rings. The van der Waals surface area contributed by atoms with Crippen LogP contribution in [0.5, 0.6) is 0 Å². The highest BCUT2D eigenvalue weighted by Crippen LogP contribution is 2.33. The summed E-state index contributed by atoms with van der Waals surface area (Å²) in [6.07, 6.45) is -6.03. The minimum Gasteiger partial charge on any atom is -0.444 e. The zero-order valence-corrected chi connectivity index (χ0v) is 28.5. The van der Waals surface area contributed by atoms with Gasteiger partial charge in [0.15, 0.2) is 0 Å². The number of ether oxygens (including phenoxy) is 2. The third kappa shape index (κ3) is 10.8. The number of piperazine rings is 2. The molecule has 0 aromatic heterocycles. The lowest BCUT2D eigenvalue weighted by Gasteiger charge is -2.45. The monoisotopic (exact) mass is 684 g/mol. The Bertz CT molecular complexity index is 1410. The molecular weight excluding hydrogens is 639 g/mol. The van der Waals surface area contributed by atoms with Crippen LogP contribution in [0.25, 0.3) is 0 Å². The fourth-order valence-electron chi connectivity index (χ4n) is 5.27. The van der Waals surface area contributed by atoms with Crippen LogP contribution < -0.4 is 5.32 Å². The van der Waals surface area contributed by atoms with Crippen LogP contribution in [0.4, 0.5) is 31.5 Å². The van der Waals surface area contributed by atoms with Crippen LogP contribution >= 0.6 is 0 Å². The molecule has 2 aromatic carbocycles. The largest absolute Gasteiger partial charge is 0.471 e. The van der Waals surface area contributed by atoms with E-state index in [9.17, 15) is 36.3 Å². The lowest BCUT2D eigenvalue weighted by atomic mass is 9.99. The molecule has 0 radical (unpaired) electrons. The third-order valence-electron chi connectivity index (χ3n) is 7.60. The Balaban J connectivity index is 0.000000269. The molecule has 0 saturated carbocycles. The van der Waals surface area contributed by atoms with Crippen molar-refractivity contribution in [1.82, 2.24) is 20.0 Å². The highest BCUT2D eigenvalue weighted by atomic mass is 19.4. The van der Waals surface area contributed by atoms with Crippen LogP contribution in [0.1, 0.15) is 78.6 Å². The van der Waals surface area contributed by atoms with Gasteiger partial charge in [0.05, 0.1) is 12.1 Å². The first-order valence-electron chi connectivity index (χ1n) is 15.7. The maximum absolute atomic E-state index is 13.2. The molecule has 14 heteroatoms. The Morgan fingerprint density at radius 1 is 0.667 bits per heavy atom. The molecule has 3 amide bonds. The van der Waals surface area contributed by atoms with E-state index in [1.165, 1.54) is 29.2 Å². The average Bonchev–Trinajstić information content (AvgIpc) is 2.96. The molecule has 0 aliphatic carbocycles. The van der Waals surface area contributed by atoms with Crippen LogP contribution in [0.3, 0.4) is 0 Å². The first-order valence-corrected chi connectivity index (χ1v) is 15.7. The molecule has 2 aromatic rings. The summed E-state index contributed by atoms with van der Waals surface area (Å²) < 4.78 is 76.1. The van der Waals surface area contributed by atoms with Crippen molar-refractivity contribution in [3.8, 4) is 0 Å². The summed E-state index contributed by atoms with van der Waals surface area (Å²) in [5, 5.41) is 3.38. The normalized spacial score (nSPS) is 22.0. The van der Waals surface area contributed by atoms with Crippen LogP contribution in [-0.2, 0) is 14.3 Å². The first-order chi connectivity index (χ1) is 22.1. The van der Waals surface area contributed by atoms with Gasteiger partial charge in [-0.05, 0) is 90.8 Å². The van der Waals surface area contributed by atoms with E-state index in [-0.39, 0.29) is 37.1 Å². The first kappa shape index (κ1) is 38.5. The summed E-state index contributed by atoms with van der Waals surface area (Å²) in [6.45, 7) is 14.8. The number of hydrogen-bond donors (Lipinski definition) is 1. The van der Waals surface area contributed by atoms with Gasteiger partial charge in [-0.15, -0.1) is 0 Å². The number of halogens is 5. The van der Waals surface area contributed by atoms with E-state index in [1.807, 2.05) is 27.7 Å². The summed E-state index contributed by atoms with van der Waals surface area (Å²) >= 11 is 0. The van der Waals surface area contributed by atoms with E-state index in [0.29, 0.717) is 23.6 Å². The van der Waals surface area contributed by atoms with Gasteiger partial charge in [-0.3, -0.25) is 4.79 Å². The van der Waals surface area contributed by atoms with Crippen LogP contribution in [-0.4, -0.2) is 88.4 Å². The predicted molar refractivity (Wildman–Crippen MR) is 169 cm³/mol. The third-order valence-corrected chi connectivity index (χ3v) is 7.60. The van der Waals surface area contributed by atoms with Crippen molar-refractivity contribution in [2.75, 3.05) is 26.2 Å². The Hall–Kier alpha value is -3.94. The molecule has 266 valence electrons. The second kappa shape index (κ2) is 15.1. The van der Waals surface area contributed by atoms with E-state index >= 15 is 0 Å². The van der Waals surface area contributed by atoms with Gasteiger partial charge >= 0.3 is 24.3 Å². The number of benzene rings is 2. The van der Waals surface area contributed by atoms with Gasteiger partial charge in [0.25, 0.3) is 0 Å². The average molecular weight is 685 g/mol. The van der Waals surface area contributed by atoms with Crippen LogP contribution in [0, 0.1) is 11.6 Å². The summed E-state index contributed by atoms with van der Waals surface area (Å²) in [7, 11) is 0. The number of nitrogens with one attached hydrogen (secondary N) is 1.